The van der Waals surface area contributed by atoms with Gasteiger partial charge in [-0.05, 0) is 44.4 Å². The lowest BCUT2D eigenvalue weighted by atomic mass is 10.1. The molecule has 1 aromatic carbocycles. The second-order valence-corrected chi connectivity index (χ2v) is 6.48. The van der Waals surface area contributed by atoms with Crippen molar-refractivity contribution in [3.05, 3.63) is 28.8 Å². The Bertz CT molecular complexity index is 671. The highest BCUT2D eigenvalue weighted by Crippen LogP contribution is 2.32. The molecule has 2 amide bonds. The molecular formula is C16H18ClF3N2O3. The second-order valence-electron chi connectivity index (χ2n) is 6.07. The standard InChI is InChI=1S/C16H18ClF3N2O3/c1-15(25,16(18,19)20)14(24)21-12-9-10(5-6-11(12)17)13(23)22-7-3-2-4-8-22/h5-6,9,25H,2-4,7-8H2,1H3,(H,21,24). The minimum Gasteiger partial charge on any atom is -0.373 e. The summed E-state index contributed by atoms with van der Waals surface area (Å²) < 4.78 is 38.2. The maximum absolute atomic E-state index is 12.7. The fraction of sp³-hybridized carbons (Fsp3) is 0.500. The Kier molecular flexibility index (Phi) is 5.63. The maximum atomic E-state index is 12.7. The predicted molar refractivity (Wildman–Crippen MR) is 86.5 cm³/mol. The van der Waals surface area contributed by atoms with Gasteiger partial charge < -0.3 is 15.3 Å². The molecule has 1 aromatic rings. The van der Waals surface area contributed by atoms with Crippen LogP contribution in [-0.4, -0.2) is 46.7 Å². The molecule has 0 radical (unpaired) electrons. The fourth-order valence-electron chi connectivity index (χ4n) is 2.41. The number of alkyl halides is 3. The zero-order valence-electron chi connectivity index (χ0n) is 13.5. The summed E-state index contributed by atoms with van der Waals surface area (Å²) >= 11 is 5.89. The number of likely N-dealkylation sites (tertiary alicyclic amines) is 1. The van der Waals surface area contributed by atoms with Crippen molar-refractivity contribution in [2.75, 3.05) is 18.4 Å². The summed E-state index contributed by atoms with van der Waals surface area (Å²) in [6, 6.07) is 3.97. The Morgan fingerprint density at radius 3 is 2.36 bits per heavy atom. The normalized spacial score (nSPS) is 17.8. The fourth-order valence-corrected chi connectivity index (χ4v) is 2.57. The van der Waals surface area contributed by atoms with Crippen LogP contribution >= 0.6 is 11.6 Å². The van der Waals surface area contributed by atoms with Crippen LogP contribution in [0.25, 0.3) is 0 Å². The van der Waals surface area contributed by atoms with Gasteiger partial charge in [-0.1, -0.05) is 11.6 Å². The monoisotopic (exact) mass is 378 g/mol. The van der Waals surface area contributed by atoms with Gasteiger partial charge in [0.05, 0.1) is 10.7 Å². The van der Waals surface area contributed by atoms with Gasteiger partial charge in [-0.25, -0.2) is 0 Å². The lowest BCUT2D eigenvalue weighted by molar-refractivity contribution is -0.242. The van der Waals surface area contributed by atoms with Crippen LogP contribution in [0, 0.1) is 0 Å². The van der Waals surface area contributed by atoms with Crippen molar-refractivity contribution in [3.63, 3.8) is 0 Å². The van der Waals surface area contributed by atoms with E-state index in [0.717, 1.165) is 19.3 Å². The van der Waals surface area contributed by atoms with Gasteiger partial charge in [0.25, 0.3) is 11.8 Å². The van der Waals surface area contributed by atoms with Gasteiger partial charge in [-0.2, -0.15) is 13.2 Å². The molecule has 1 aliphatic rings. The van der Waals surface area contributed by atoms with Crippen molar-refractivity contribution in [1.82, 2.24) is 4.90 Å². The summed E-state index contributed by atoms with van der Waals surface area (Å²) in [6.07, 6.45) is -2.34. The molecule has 0 spiro atoms. The first-order valence-corrected chi connectivity index (χ1v) is 8.11. The van der Waals surface area contributed by atoms with Crippen molar-refractivity contribution >= 4 is 29.1 Å². The van der Waals surface area contributed by atoms with E-state index in [1.54, 1.807) is 4.90 Å². The zero-order valence-corrected chi connectivity index (χ0v) is 14.2. The third-order valence-electron chi connectivity index (χ3n) is 4.10. The minimum atomic E-state index is -5.15. The summed E-state index contributed by atoms with van der Waals surface area (Å²) in [6.45, 7) is 1.55. The zero-order chi connectivity index (χ0) is 18.8. The maximum Gasteiger partial charge on any atom is 0.426 e. The predicted octanol–water partition coefficient (Wildman–Crippen LogP) is 3.22. The van der Waals surface area contributed by atoms with Crippen LogP contribution in [0.15, 0.2) is 18.2 Å². The smallest absolute Gasteiger partial charge is 0.373 e. The van der Waals surface area contributed by atoms with Gasteiger partial charge in [0.1, 0.15) is 0 Å². The Hall–Kier alpha value is -1.80. The second kappa shape index (κ2) is 7.21. The number of anilines is 1. The lowest BCUT2D eigenvalue weighted by Gasteiger charge is -2.27. The highest BCUT2D eigenvalue weighted by Gasteiger charge is 2.55. The van der Waals surface area contributed by atoms with E-state index in [1.165, 1.54) is 18.2 Å². The van der Waals surface area contributed by atoms with Crippen LogP contribution in [0.2, 0.25) is 5.02 Å². The molecule has 5 nitrogen and oxygen atoms in total. The number of hydrogen-bond acceptors (Lipinski definition) is 3. The number of nitrogens with one attached hydrogen (secondary N) is 1. The molecule has 0 aliphatic carbocycles. The molecule has 2 N–H and O–H groups in total. The van der Waals surface area contributed by atoms with Crippen molar-refractivity contribution < 1.29 is 27.9 Å². The van der Waals surface area contributed by atoms with Gasteiger partial charge in [-0.15, -0.1) is 0 Å². The SMILES string of the molecule is CC(O)(C(=O)Nc1cc(C(=O)N2CCCCC2)ccc1Cl)C(F)(F)F. The van der Waals surface area contributed by atoms with E-state index in [9.17, 15) is 27.9 Å². The summed E-state index contributed by atoms with van der Waals surface area (Å²) in [5.74, 6) is -1.96. The number of hydrogen-bond donors (Lipinski definition) is 2. The van der Waals surface area contributed by atoms with E-state index in [1.807, 2.05) is 5.32 Å². The number of amides is 2. The summed E-state index contributed by atoms with van der Waals surface area (Å²) in [4.78, 5) is 25.9. The average Bonchev–Trinajstić information content (AvgIpc) is 2.55. The molecule has 1 fully saturated rings. The van der Waals surface area contributed by atoms with Crippen molar-refractivity contribution in [3.8, 4) is 0 Å². The van der Waals surface area contributed by atoms with Crippen molar-refractivity contribution in [2.24, 2.45) is 0 Å². The summed E-state index contributed by atoms with van der Waals surface area (Å²) in [5, 5.41) is 11.3. The lowest BCUT2D eigenvalue weighted by Crippen LogP contribution is -2.52. The van der Waals surface area contributed by atoms with Crippen LogP contribution in [0.1, 0.15) is 36.5 Å². The Balaban J connectivity index is 2.21. The van der Waals surface area contributed by atoms with E-state index in [0.29, 0.717) is 20.0 Å². The summed E-state index contributed by atoms with van der Waals surface area (Å²) in [7, 11) is 0. The largest absolute Gasteiger partial charge is 0.426 e. The molecule has 0 bridgehead atoms. The molecule has 0 aromatic heterocycles. The molecule has 138 valence electrons. The van der Waals surface area contributed by atoms with Crippen LogP contribution in [0.5, 0.6) is 0 Å². The van der Waals surface area contributed by atoms with Crippen LogP contribution in [0.3, 0.4) is 0 Å². The number of aliphatic hydroxyl groups is 1. The molecule has 1 saturated heterocycles. The number of carbonyl (C=O) groups is 2. The number of nitrogens with zero attached hydrogens (tertiary/aromatic N) is 1. The number of rotatable bonds is 3. The quantitative estimate of drug-likeness (QED) is 0.848. The highest BCUT2D eigenvalue weighted by atomic mass is 35.5. The van der Waals surface area contributed by atoms with Crippen LogP contribution in [-0.2, 0) is 4.79 Å². The van der Waals surface area contributed by atoms with E-state index in [-0.39, 0.29) is 22.2 Å². The number of benzene rings is 1. The number of piperidine rings is 1. The molecule has 2 rings (SSSR count). The summed E-state index contributed by atoms with van der Waals surface area (Å²) in [5.41, 5.74) is -3.55. The van der Waals surface area contributed by atoms with E-state index in [2.05, 4.69) is 0 Å². The first kappa shape index (κ1) is 19.5. The third-order valence-corrected chi connectivity index (χ3v) is 4.43. The van der Waals surface area contributed by atoms with Crippen LogP contribution < -0.4 is 5.32 Å². The Morgan fingerprint density at radius 2 is 1.80 bits per heavy atom. The molecule has 1 unspecified atom stereocenters. The molecular weight excluding hydrogens is 361 g/mol. The minimum absolute atomic E-state index is 0.0403. The van der Waals surface area contributed by atoms with Crippen molar-refractivity contribution in [1.29, 1.82) is 0 Å². The molecule has 1 aliphatic heterocycles. The van der Waals surface area contributed by atoms with Gasteiger partial charge in [0.15, 0.2) is 0 Å². The van der Waals surface area contributed by atoms with Gasteiger partial charge in [0, 0.05) is 18.7 Å². The Morgan fingerprint density at radius 1 is 1.20 bits per heavy atom. The van der Waals surface area contributed by atoms with Crippen LogP contribution in [0.4, 0.5) is 18.9 Å². The average molecular weight is 379 g/mol. The van der Waals surface area contributed by atoms with Gasteiger partial charge in [0.2, 0.25) is 5.60 Å². The molecule has 1 atom stereocenters. The van der Waals surface area contributed by atoms with Gasteiger partial charge in [-0.3, -0.25) is 9.59 Å². The first-order valence-electron chi connectivity index (χ1n) is 7.73. The molecule has 0 saturated carbocycles. The number of carbonyl (C=O) groups excluding carboxylic acids is 2. The van der Waals surface area contributed by atoms with E-state index in [4.69, 9.17) is 11.6 Å². The topological polar surface area (TPSA) is 69.6 Å². The van der Waals surface area contributed by atoms with Crippen molar-refractivity contribution in [2.45, 2.75) is 38.0 Å². The van der Waals surface area contributed by atoms with E-state index < -0.39 is 17.7 Å². The molecule has 1 heterocycles. The Labute approximate surface area is 147 Å². The molecule has 9 heteroatoms. The van der Waals surface area contributed by atoms with E-state index >= 15 is 0 Å². The first-order chi connectivity index (χ1) is 11.5. The highest BCUT2D eigenvalue weighted by molar-refractivity contribution is 6.34. The number of halogens is 4. The molecule has 25 heavy (non-hydrogen) atoms. The third kappa shape index (κ3) is 4.24. The van der Waals surface area contributed by atoms with Gasteiger partial charge >= 0.3 is 6.18 Å².